The van der Waals surface area contributed by atoms with Gasteiger partial charge in [0.25, 0.3) is 0 Å². The number of likely N-dealkylation sites (N-methyl/N-ethyl adjacent to an activating group) is 1. The van der Waals surface area contributed by atoms with Crippen LogP contribution in [-0.4, -0.2) is 57.5 Å². The van der Waals surface area contributed by atoms with E-state index in [4.69, 9.17) is 0 Å². The van der Waals surface area contributed by atoms with Crippen molar-refractivity contribution in [3.05, 3.63) is 0 Å². The van der Waals surface area contributed by atoms with Crippen molar-refractivity contribution in [1.82, 2.24) is 10.2 Å². The average molecular weight is 242 g/mol. The Bertz CT molecular complexity index is 174. The van der Waals surface area contributed by atoms with Gasteiger partial charge in [0.15, 0.2) is 0 Å². The molecule has 0 aromatic heterocycles. The Balaban J connectivity index is 3.22. The third-order valence-electron chi connectivity index (χ3n) is 2.23. The molecule has 6 heteroatoms. The predicted octanol–water partition coefficient (Wildman–Crippen LogP) is 1.50. The lowest BCUT2D eigenvalue weighted by molar-refractivity contribution is -0.173. The topological polar surface area (TPSA) is 24.5 Å². The van der Waals surface area contributed by atoms with Gasteiger partial charge in [-0.2, -0.15) is 13.2 Å². The van der Waals surface area contributed by atoms with Gasteiger partial charge < -0.3 is 15.0 Å². The normalized spacial score (nSPS) is 14.4. The van der Waals surface area contributed by atoms with Gasteiger partial charge >= 0.3 is 6.18 Å². The van der Waals surface area contributed by atoms with E-state index in [-0.39, 0.29) is 6.61 Å². The first kappa shape index (κ1) is 15.7. The van der Waals surface area contributed by atoms with Gasteiger partial charge in [-0.1, -0.05) is 0 Å². The molecule has 0 radical (unpaired) electrons. The van der Waals surface area contributed by atoms with Crippen molar-refractivity contribution in [2.24, 2.45) is 0 Å². The molecule has 0 heterocycles. The molecular formula is C10H21F3N2O. The summed E-state index contributed by atoms with van der Waals surface area (Å²) in [5.41, 5.74) is 0. The highest BCUT2D eigenvalue weighted by Crippen LogP contribution is 2.14. The first-order valence-corrected chi connectivity index (χ1v) is 5.34. The molecule has 0 saturated heterocycles. The molecule has 0 rings (SSSR count). The Morgan fingerprint density at radius 2 is 1.94 bits per heavy atom. The van der Waals surface area contributed by atoms with Crippen molar-refractivity contribution in [3.8, 4) is 0 Å². The van der Waals surface area contributed by atoms with Crippen molar-refractivity contribution in [1.29, 1.82) is 0 Å². The highest BCUT2D eigenvalue weighted by molar-refractivity contribution is 4.62. The number of nitrogens with zero attached hydrogens (tertiary/aromatic N) is 1. The summed E-state index contributed by atoms with van der Waals surface area (Å²) in [5, 5.41) is 3.16. The van der Waals surface area contributed by atoms with Crippen LogP contribution in [0.2, 0.25) is 0 Å². The summed E-state index contributed by atoms with van der Waals surface area (Å²) >= 11 is 0. The second-order valence-electron chi connectivity index (χ2n) is 4.04. The zero-order chi connectivity index (χ0) is 12.6. The van der Waals surface area contributed by atoms with E-state index in [1.807, 2.05) is 14.1 Å². The molecule has 0 aromatic carbocycles. The van der Waals surface area contributed by atoms with Gasteiger partial charge in [-0.3, -0.25) is 0 Å². The lowest BCUT2D eigenvalue weighted by Gasteiger charge is -2.20. The van der Waals surface area contributed by atoms with E-state index in [2.05, 4.69) is 21.9 Å². The van der Waals surface area contributed by atoms with Gasteiger partial charge in [-0.15, -0.1) is 0 Å². The fourth-order valence-corrected chi connectivity index (χ4v) is 0.981. The molecule has 0 aliphatic carbocycles. The third-order valence-corrected chi connectivity index (χ3v) is 2.23. The highest BCUT2D eigenvalue weighted by Gasteiger charge is 2.27. The van der Waals surface area contributed by atoms with E-state index in [9.17, 15) is 13.2 Å². The standard InChI is InChI=1S/C10H21F3N2O/c1-9(15(2)3)7-14-5-4-6-16-8-10(11,12)13/h9,14H,4-8H2,1-3H3. The van der Waals surface area contributed by atoms with Crippen molar-refractivity contribution in [2.75, 3.05) is 40.4 Å². The minimum atomic E-state index is -4.22. The van der Waals surface area contributed by atoms with Crippen molar-refractivity contribution >= 4 is 0 Å². The second kappa shape index (κ2) is 7.86. The number of alkyl halides is 3. The molecule has 16 heavy (non-hydrogen) atoms. The molecule has 0 aromatic rings. The number of halogens is 3. The summed E-state index contributed by atoms with van der Waals surface area (Å²) in [6.07, 6.45) is -3.62. The lowest BCUT2D eigenvalue weighted by atomic mass is 10.3. The molecule has 0 bridgehead atoms. The Labute approximate surface area is 94.9 Å². The number of nitrogens with one attached hydrogen (secondary N) is 1. The monoisotopic (exact) mass is 242 g/mol. The fourth-order valence-electron chi connectivity index (χ4n) is 0.981. The van der Waals surface area contributed by atoms with Gasteiger partial charge in [-0.25, -0.2) is 0 Å². The van der Waals surface area contributed by atoms with E-state index in [0.717, 1.165) is 6.54 Å². The van der Waals surface area contributed by atoms with Crippen molar-refractivity contribution < 1.29 is 17.9 Å². The first-order valence-electron chi connectivity index (χ1n) is 5.34. The maximum absolute atomic E-state index is 11.7. The van der Waals surface area contributed by atoms with Gasteiger partial charge in [0.05, 0.1) is 0 Å². The first-order chi connectivity index (χ1) is 7.33. The zero-order valence-electron chi connectivity index (χ0n) is 10.1. The number of hydrogen-bond donors (Lipinski definition) is 1. The minimum absolute atomic E-state index is 0.142. The second-order valence-corrected chi connectivity index (χ2v) is 4.04. The smallest absolute Gasteiger partial charge is 0.372 e. The Kier molecular flexibility index (Phi) is 7.70. The van der Waals surface area contributed by atoms with Gasteiger partial charge in [-0.05, 0) is 34.0 Å². The minimum Gasteiger partial charge on any atom is -0.372 e. The molecule has 0 aliphatic heterocycles. The summed E-state index contributed by atoms with van der Waals surface area (Å²) in [5.74, 6) is 0. The zero-order valence-corrected chi connectivity index (χ0v) is 10.1. The quantitative estimate of drug-likeness (QED) is 0.653. The van der Waals surface area contributed by atoms with Crippen LogP contribution in [0, 0.1) is 0 Å². The van der Waals surface area contributed by atoms with Crippen LogP contribution in [0.4, 0.5) is 13.2 Å². The predicted molar refractivity (Wildman–Crippen MR) is 57.5 cm³/mol. The summed E-state index contributed by atoms with van der Waals surface area (Å²) in [7, 11) is 3.97. The molecule has 1 atom stereocenters. The Hall–Kier alpha value is -0.330. The molecule has 98 valence electrons. The fraction of sp³-hybridized carbons (Fsp3) is 1.00. The number of rotatable bonds is 8. The molecule has 1 N–H and O–H groups in total. The van der Waals surface area contributed by atoms with Crippen LogP contribution in [0.1, 0.15) is 13.3 Å². The van der Waals surface area contributed by atoms with Gasteiger partial charge in [0, 0.05) is 19.2 Å². The van der Waals surface area contributed by atoms with E-state index >= 15 is 0 Å². The van der Waals surface area contributed by atoms with Gasteiger partial charge in [0.1, 0.15) is 6.61 Å². The summed E-state index contributed by atoms with van der Waals surface area (Å²) < 4.78 is 39.5. The molecule has 0 fully saturated rings. The van der Waals surface area contributed by atoms with Crippen LogP contribution in [0.25, 0.3) is 0 Å². The lowest BCUT2D eigenvalue weighted by Crippen LogP contribution is -2.36. The van der Waals surface area contributed by atoms with Crippen LogP contribution < -0.4 is 5.32 Å². The van der Waals surface area contributed by atoms with Crippen molar-refractivity contribution in [2.45, 2.75) is 25.6 Å². The Morgan fingerprint density at radius 1 is 1.31 bits per heavy atom. The van der Waals surface area contributed by atoms with Crippen LogP contribution >= 0.6 is 0 Å². The van der Waals surface area contributed by atoms with Crippen LogP contribution in [0.5, 0.6) is 0 Å². The molecular weight excluding hydrogens is 221 g/mol. The third kappa shape index (κ3) is 10.2. The molecule has 0 amide bonds. The summed E-state index contributed by atoms with van der Waals surface area (Å²) in [4.78, 5) is 2.08. The molecule has 0 spiro atoms. The van der Waals surface area contributed by atoms with Crippen LogP contribution in [0.15, 0.2) is 0 Å². The number of hydrogen-bond acceptors (Lipinski definition) is 3. The summed E-state index contributed by atoms with van der Waals surface area (Å²) in [6.45, 7) is 2.57. The van der Waals surface area contributed by atoms with E-state index in [0.29, 0.717) is 19.0 Å². The molecule has 3 nitrogen and oxygen atoms in total. The molecule has 0 aliphatic rings. The van der Waals surface area contributed by atoms with Crippen molar-refractivity contribution in [3.63, 3.8) is 0 Å². The van der Waals surface area contributed by atoms with E-state index < -0.39 is 12.8 Å². The Morgan fingerprint density at radius 3 is 2.44 bits per heavy atom. The number of ether oxygens (including phenoxy) is 1. The SMILES string of the molecule is CC(CNCCCOCC(F)(F)F)N(C)C. The van der Waals surface area contributed by atoms with Crippen LogP contribution in [0.3, 0.4) is 0 Å². The van der Waals surface area contributed by atoms with Crippen LogP contribution in [-0.2, 0) is 4.74 Å². The maximum Gasteiger partial charge on any atom is 0.411 e. The maximum atomic E-state index is 11.7. The largest absolute Gasteiger partial charge is 0.411 e. The highest BCUT2D eigenvalue weighted by atomic mass is 19.4. The van der Waals surface area contributed by atoms with E-state index in [1.165, 1.54) is 0 Å². The summed E-state index contributed by atoms with van der Waals surface area (Å²) in [6, 6.07) is 0.413. The molecule has 0 saturated carbocycles. The van der Waals surface area contributed by atoms with E-state index in [1.54, 1.807) is 0 Å². The van der Waals surface area contributed by atoms with Gasteiger partial charge in [0.2, 0.25) is 0 Å². The molecule has 1 unspecified atom stereocenters. The average Bonchev–Trinajstić information content (AvgIpc) is 2.14.